The first-order valence-electron chi connectivity index (χ1n) is 6.08. The molecular formula is C12H24F3NO. The molecule has 0 spiro atoms. The lowest BCUT2D eigenvalue weighted by atomic mass is 10.0. The van der Waals surface area contributed by atoms with Crippen LogP contribution in [0.15, 0.2) is 0 Å². The van der Waals surface area contributed by atoms with E-state index >= 15 is 0 Å². The van der Waals surface area contributed by atoms with E-state index in [4.69, 9.17) is 4.74 Å². The van der Waals surface area contributed by atoms with E-state index in [9.17, 15) is 13.2 Å². The molecule has 0 aromatic carbocycles. The van der Waals surface area contributed by atoms with E-state index in [1.807, 2.05) is 6.92 Å². The van der Waals surface area contributed by atoms with Crippen LogP contribution in [0.2, 0.25) is 0 Å². The topological polar surface area (TPSA) is 21.3 Å². The van der Waals surface area contributed by atoms with Gasteiger partial charge in [0.05, 0.1) is 6.61 Å². The van der Waals surface area contributed by atoms with Crippen molar-refractivity contribution in [3.05, 3.63) is 0 Å². The van der Waals surface area contributed by atoms with Gasteiger partial charge in [0.1, 0.15) is 0 Å². The van der Waals surface area contributed by atoms with Gasteiger partial charge in [-0.3, -0.25) is 0 Å². The summed E-state index contributed by atoms with van der Waals surface area (Å²) in [5, 5.41) is 3.31. The summed E-state index contributed by atoms with van der Waals surface area (Å²) < 4.78 is 41.0. The van der Waals surface area contributed by atoms with Crippen LogP contribution in [0.25, 0.3) is 0 Å². The molecule has 0 amide bonds. The van der Waals surface area contributed by atoms with Crippen LogP contribution in [0.5, 0.6) is 0 Å². The van der Waals surface area contributed by atoms with Gasteiger partial charge in [-0.05, 0) is 25.7 Å². The fraction of sp³-hybridized carbons (Fsp3) is 1.00. The normalized spacial score (nSPS) is 16.2. The Balaban J connectivity index is 3.86. The average molecular weight is 255 g/mol. The Morgan fingerprint density at radius 1 is 1.18 bits per heavy atom. The van der Waals surface area contributed by atoms with Crippen molar-refractivity contribution in [2.45, 2.75) is 58.3 Å². The van der Waals surface area contributed by atoms with Crippen molar-refractivity contribution >= 4 is 0 Å². The maximum Gasteiger partial charge on any atom is 0.389 e. The number of halogens is 3. The van der Waals surface area contributed by atoms with Crippen LogP contribution in [-0.4, -0.2) is 32.0 Å². The molecule has 0 bridgehead atoms. The second-order valence-corrected chi connectivity index (χ2v) is 4.88. The van der Waals surface area contributed by atoms with E-state index in [-0.39, 0.29) is 18.5 Å². The molecule has 0 aliphatic rings. The predicted octanol–water partition coefficient (Wildman–Crippen LogP) is 3.37. The Morgan fingerprint density at radius 2 is 1.76 bits per heavy atom. The molecule has 0 fully saturated rings. The van der Waals surface area contributed by atoms with E-state index in [2.05, 4.69) is 19.2 Å². The lowest BCUT2D eigenvalue weighted by molar-refractivity contribution is -0.135. The molecule has 0 aromatic heterocycles. The summed E-state index contributed by atoms with van der Waals surface area (Å²) in [6, 6.07) is 0.279. The Labute approximate surface area is 102 Å². The van der Waals surface area contributed by atoms with Crippen molar-refractivity contribution in [1.82, 2.24) is 5.32 Å². The molecule has 0 radical (unpaired) electrons. The Kier molecular flexibility index (Phi) is 7.79. The molecule has 0 aliphatic heterocycles. The van der Waals surface area contributed by atoms with Gasteiger partial charge < -0.3 is 10.1 Å². The summed E-state index contributed by atoms with van der Waals surface area (Å²) in [6.45, 7) is 6.64. The van der Waals surface area contributed by atoms with Crippen LogP contribution >= 0.6 is 0 Å². The molecule has 0 aliphatic carbocycles. The fourth-order valence-electron chi connectivity index (χ4n) is 1.67. The van der Waals surface area contributed by atoms with Crippen LogP contribution in [0.1, 0.15) is 40.0 Å². The van der Waals surface area contributed by atoms with Gasteiger partial charge in [-0.25, -0.2) is 0 Å². The monoisotopic (exact) mass is 255 g/mol. The minimum absolute atomic E-state index is 0.0832. The molecule has 2 nitrogen and oxygen atoms in total. The molecule has 104 valence electrons. The smallest absolute Gasteiger partial charge is 0.383 e. The Morgan fingerprint density at radius 3 is 2.18 bits per heavy atom. The van der Waals surface area contributed by atoms with E-state index in [0.29, 0.717) is 18.9 Å². The highest BCUT2D eigenvalue weighted by Gasteiger charge is 2.26. The van der Waals surface area contributed by atoms with Gasteiger partial charge in [0.15, 0.2) is 0 Å². The summed E-state index contributed by atoms with van der Waals surface area (Å²) in [4.78, 5) is 0. The number of hydrogen-bond donors (Lipinski definition) is 1. The van der Waals surface area contributed by atoms with E-state index < -0.39 is 12.6 Å². The third kappa shape index (κ3) is 9.41. The second kappa shape index (κ2) is 7.93. The largest absolute Gasteiger partial charge is 0.389 e. The Hall–Kier alpha value is -0.290. The summed E-state index contributed by atoms with van der Waals surface area (Å²) in [5.74, 6) is 0.403. The number of ether oxygens (including phenoxy) is 1. The van der Waals surface area contributed by atoms with Gasteiger partial charge in [-0.1, -0.05) is 13.8 Å². The molecule has 17 heavy (non-hydrogen) atoms. The molecule has 2 unspecified atom stereocenters. The summed E-state index contributed by atoms with van der Waals surface area (Å²) in [6.07, 6.45) is -4.03. The lowest BCUT2D eigenvalue weighted by Crippen LogP contribution is -2.43. The van der Waals surface area contributed by atoms with Crippen molar-refractivity contribution < 1.29 is 17.9 Å². The summed E-state index contributed by atoms with van der Waals surface area (Å²) in [7, 11) is 1.63. The molecule has 2 atom stereocenters. The van der Waals surface area contributed by atoms with Gasteiger partial charge in [-0.15, -0.1) is 0 Å². The van der Waals surface area contributed by atoms with Crippen LogP contribution < -0.4 is 5.32 Å². The molecule has 5 heteroatoms. The van der Waals surface area contributed by atoms with Crippen molar-refractivity contribution in [1.29, 1.82) is 0 Å². The quantitative estimate of drug-likeness (QED) is 0.718. The zero-order chi connectivity index (χ0) is 13.5. The average Bonchev–Trinajstić information content (AvgIpc) is 2.14. The zero-order valence-corrected chi connectivity index (χ0v) is 11.1. The van der Waals surface area contributed by atoms with Crippen LogP contribution in [-0.2, 0) is 4.74 Å². The van der Waals surface area contributed by atoms with Crippen LogP contribution in [0.4, 0.5) is 13.2 Å². The molecule has 0 saturated heterocycles. The molecule has 1 N–H and O–H groups in total. The van der Waals surface area contributed by atoms with Gasteiger partial charge in [0, 0.05) is 25.6 Å². The highest BCUT2D eigenvalue weighted by molar-refractivity contribution is 4.74. The predicted molar refractivity (Wildman–Crippen MR) is 63.0 cm³/mol. The molecule has 0 saturated carbocycles. The van der Waals surface area contributed by atoms with Crippen molar-refractivity contribution in [2.24, 2.45) is 5.92 Å². The van der Waals surface area contributed by atoms with Crippen LogP contribution in [0, 0.1) is 5.92 Å². The zero-order valence-electron chi connectivity index (χ0n) is 11.1. The highest BCUT2D eigenvalue weighted by Crippen LogP contribution is 2.22. The van der Waals surface area contributed by atoms with E-state index in [1.165, 1.54) is 0 Å². The maximum atomic E-state index is 12.0. The lowest BCUT2D eigenvalue weighted by Gasteiger charge is -2.26. The molecule has 0 rings (SSSR count). The van der Waals surface area contributed by atoms with Gasteiger partial charge in [-0.2, -0.15) is 13.2 Å². The molecule has 0 aromatic rings. The first kappa shape index (κ1) is 16.7. The number of alkyl halides is 3. The van der Waals surface area contributed by atoms with Crippen molar-refractivity contribution in [2.75, 3.05) is 13.7 Å². The van der Waals surface area contributed by atoms with Crippen molar-refractivity contribution in [3.8, 4) is 0 Å². The van der Waals surface area contributed by atoms with Crippen LogP contribution in [0.3, 0.4) is 0 Å². The minimum atomic E-state index is -4.04. The molecule has 0 heterocycles. The SMILES string of the molecule is COCC(NC(C)CCCC(F)(F)F)C(C)C. The van der Waals surface area contributed by atoms with Gasteiger partial charge in [0.2, 0.25) is 0 Å². The second-order valence-electron chi connectivity index (χ2n) is 4.88. The first-order valence-corrected chi connectivity index (χ1v) is 6.08. The summed E-state index contributed by atoms with van der Waals surface area (Å²) >= 11 is 0. The van der Waals surface area contributed by atoms with E-state index in [1.54, 1.807) is 7.11 Å². The standard InChI is InChI=1S/C12H24F3NO/c1-9(2)11(8-17-4)16-10(3)6-5-7-12(13,14)15/h9-11,16H,5-8H2,1-4H3. The first-order chi connectivity index (χ1) is 7.76. The van der Waals surface area contributed by atoms with Gasteiger partial charge >= 0.3 is 6.18 Å². The minimum Gasteiger partial charge on any atom is -0.383 e. The Bertz CT molecular complexity index is 195. The third-order valence-electron chi connectivity index (χ3n) is 2.75. The fourth-order valence-corrected chi connectivity index (χ4v) is 1.67. The number of nitrogens with one attached hydrogen (secondary N) is 1. The summed E-state index contributed by atoms with van der Waals surface area (Å²) in [5.41, 5.74) is 0. The maximum absolute atomic E-state index is 12.0. The number of hydrogen-bond acceptors (Lipinski definition) is 2. The van der Waals surface area contributed by atoms with E-state index in [0.717, 1.165) is 0 Å². The highest BCUT2D eigenvalue weighted by atomic mass is 19.4. The number of methoxy groups -OCH3 is 1. The molecular weight excluding hydrogens is 231 g/mol. The van der Waals surface area contributed by atoms with Gasteiger partial charge in [0.25, 0.3) is 0 Å². The van der Waals surface area contributed by atoms with Crippen molar-refractivity contribution in [3.63, 3.8) is 0 Å². The third-order valence-corrected chi connectivity index (χ3v) is 2.75. The number of rotatable bonds is 8.